The summed E-state index contributed by atoms with van der Waals surface area (Å²) in [6.45, 7) is 3.58. The first kappa shape index (κ1) is 23.6. The molecule has 0 saturated heterocycles. The average molecular weight is 421 g/mol. The number of rotatable bonds is 11. The van der Waals surface area contributed by atoms with Gasteiger partial charge >= 0.3 is 0 Å². The highest BCUT2D eigenvalue weighted by atomic mass is 19.1. The SMILES string of the molecule is CN=C(NCc1cccc(OCCN(C)CCOC)c1)NCc1cc(F)ccc1F. The average Bonchev–Trinajstić information content (AvgIpc) is 2.75. The predicted molar refractivity (Wildman–Crippen MR) is 115 cm³/mol. The quantitative estimate of drug-likeness (QED) is 0.433. The van der Waals surface area contributed by atoms with E-state index in [1.54, 1.807) is 14.2 Å². The van der Waals surface area contributed by atoms with Crippen LogP contribution in [0.15, 0.2) is 47.5 Å². The van der Waals surface area contributed by atoms with Crippen LogP contribution < -0.4 is 15.4 Å². The van der Waals surface area contributed by atoms with E-state index in [0.717, 1.165) is 36.5 Å². The Hall–Kier alpha value is -2.71. The first-order valence-corrected chi connectivity index (χ1v) is 9.79. The van der Waals surface area contributed by atoms with Gasteiger partial charge in [0.05, 0.1) is 6.61 Å². The van der Waals surface area contributed by atoms with Gasteiger partial charge in [-0.15, -0.1) is 0 Å². The fraction of sp³-hybridized carbons (Fsp3) is 0.409. The molecule has 30 heavy (non-hydrogen) atoms. The molecule has 2 N–H and O–H groups in total. The van der Waals surface area contributed by atoms with Crippen molar-refractivity contribution in [2.24, 2.45) is 4.99 Å². The maximum atomic E-state index is 13.7. The highest BCUT2D eigenvalue weighted by Crippen LogP contribution is 2.13. The van der Waals surface area contributed by atoms with Crippen molar-refractivity contribution in [3.63, 3.8) is 0 Å². The lowest BCUT2D eigenvalue weighted by Crippen LogP contribution is -2.36. The Labute approximate surface area is 176 Å². The van der Waals surface area contributed by atoms with Gasteiger partial charge < -0.3 is 25.0 Å². The third kappa shape index (κ3) is 8.34. The van der Waals surface area contributed by atoms with E-state index in [-0.39, 0.29) is 12.1 Å². The zero-order chi connectivity index (χ0) is 21.8. The minimum atomic E-state index is -0.474. The van der Waals surface area contributed by atoms with E-state index in [0.29, 0.717) is 25.7 Å². The zero-order valence-electron chi connectivity index (χ0n) is 17.8. The van der Waals surface area contributed by atoms with E-state index < -0.39 is 11.6 Å². The van der Waals surface area contributed by atoms with Crippen LogP contribution in [-0.4, -0.2) is 58.4 Å². The second kappa shape index (κ2) is 12.8. The minimum Gasteiger partial charge on any atom is -0.492 e. The molecular weight excluding hydrogens is 390 g/mol. The second-order valence-electron chi connectivity index (χ2n) is 6.81. The summed E-state index contributed by atoms with van der Waals surface area (Å²) in [6, 6.07) is 11.2. The van der Waals surface area contributed by atoms with Crippen molar-refractivity contribution in [3.8, 4) is 5.75 Å². The van der Waals surface area contributed by atoms with E-state index >= 15 is 0 Å². The Bertz CT molecular complexity index is 817. The topological polar surface area (TPSA) is 58.1 Å². The smallest absolute Gasteiger partial charge is 0.191 e. The van der Waals surface area contributed by atoms with Gasteiger partial charge in [-0.25, -0.2) is 8.78 Å². The Morgan fingerprint density at radius 3 is 2.57 bits per heavy atom. The number of hydrogen-bond donors (Lipinski definition) is 2. The molecule has 0 amide bonds. The van der Waals surface area contributed by atoms with Crippen LogP contribution in [-0.2, 0) is 17.8 Å². The van der Waals surface area contributed by atoms with Gasteiger partial charge in [0.2, 0.25) is 0 Å². The van der Waals surface area contributed by atoms with Crippen LogP contribution in [0.1, 0.15) is 11.1 Å². The highest BCUT2D eigenvalue weighted by Gasteiger charge is 2.06. The van der Waals surface area contributed by atoms with Gasteiger partial charge in [0.25, 0.3) is 0 Å². The van der Waals surface area contributed by atoms with Crippen molar-refractivity contribution in [2.75, 3.05) is 47.5 Å². The lowest BCUT2D eigenvalue weighted by atomic mass is 10.2. The summed E-state index contributed by atoms with van der Waals surface area (Å²) in [5.41, 5.74) is 1.25. The van der Waals surface area contributed by atoms with Crippen molar-refractivity contribution in [2.45, 2.75) is 13.1 Å². The van der Waals surface area contributed by atoms with Gasteiger partial charge in [-0.3, -0.25) is 4.99 Å². The summed E-state index contributed by atoms with van der Waals surface area (Å²) >= 11 is 0. The highest BCUT2D eigenvalue weighted by molar-refractivity contribution is 5.79. The number of ether oxygens (including phenoxy) is 2. The van der Waals surface area contributed by atoms with Gasteiger partial charge in [-0.1, -0.05) is 12.1 Å². The normalized spacial score (nSPS) is 11.6. The summed E-state index contributed by atoms with van der Waals surface area (Å²) < 4.78 is 37.9. The van der Waals surface area contributed by atoms with E-state index in [1.165, 1.54) is 6.07 Å². The predicted octanol–water partition coefficient (Wildman–Crippen LogP) is 2.79. The van der Waals surface area contributed by atoms with Crippen LogP contribution in [0.25, 0.3) is 0 Å². The number of hydrogen-bond acceptors (Lipinski definition) is 4. The number of nitrogens with one attached hydrogen (secondary N) is 2. The number of aliphatic imine (C=N–C) groups is 1. The number of nitrogens with zero attached hydrogens (tertiary/aromatic N) is 2. The summed E-state index contributed by atoms with van der Waals surface area (Å²) in [5.74, 6) is 0.346. The van der Waals surface area contributed by atoms with Crippen LogP contribution in [0.2, 0.25) is 0 Å². The molecule has 0 aromatic heterocycles. The van der Waals surface area contributed by atoms with Gasteiger partial charge in [0, 0.05) is 45.9 Å². The largest absolute Gasteiger partial charge is 0.492 e. The summed E-state index contributed by atoms with van der Waals surface area (Å²) in [7, 11) is 5.34. The van der Waals surface area contributed by atoms with Crippen LogP contribution in [0.4, 0.5) is 8.78 Å². The van der Waals surface area contributed by atoms with E-state index in [1.807, 2.05) is 31.3 Å². The maximum Gasteiger partial charge on any atom is 0.191 e. The molecule has 0 aliphatic heterocycles. The molecule has 0 spiro atoms. The lowest BCUT2D eigenvalue weighted by molar-refractivity contribution is 0.150. The Morgan fingerprint density at radius 1 is 1.03 bits per heavy atom. The lowest BCUT2D eigenvalue weighted by Gasteiger charge is -2.16. The number of guanidine groups is 1. The molecule has 0 saturated carbocycles. The van der Waals surface area contributed by atoms with E-state index in [9.17, 15) is 8.78 Å². The van der Waals surface area contributed by atoms with Crippen molar-refractivity contribution in [1.82, 2.24) is 15.5 Å². The Kier molecular flexibility index (Phi) is 10.0. The summed E-state index contributed by atoms with van der Waals surface area (Å²) in [4.78, 5) is 6.26. The molecular formula is C22H30F2N4O2. The van der Waals surface area contributed by atoms with Gasteiger partial charge in [-0.05, 0) is 42.9 Å². The summed E-state index contributed by atoms with van der Waals surface area (Å²) in [5, 5.41) is 6.15. The molecule has 8 heteroatoms. The molecule has 2 rings (SSSR count). The molecule has 0 atom stereocenters. The van der Waals surface area contributed by atoms with Crippen LogP contribution in [0.3, 0.4) is 0 Å². The molecule has 0 radical (unpaired) electrons. The molecule has 0 unspecified atom stereocenters. The molecule has 6 nitrogen and oxygen atoms in total. The van der Waals surface area contributed by atoms with Crippen LogP contribution >= 0.6 is 0 Å². The number of benzene rings is 2. The first-order chi connectivity index (χ1) is 14.5. The molecule has 2 aromatic rings. The maximum absolute atomic E-state index is 13.7. The third-order valence-electron chi connectivity index (χ3n) is 4.45. The number of methoxy groups -OCH3 is 1. The first-order valence-electron chi connectivity index (χ1n) is 9.79. The van der Waals surface area contributed by atoms with Gasteiger partial charge in [-0.2, -0.15) is 0 Å². The molecule has 0 aliphatic rings. The Morgan fingerprint density at radius 2 is 1.80 bits per heavy atom. The van der Waals surface area contributed by atoms with E-state index in [2.05, 4.69) is 20.5 Å². The standard InChI is InChI=1S/C22H30F2N4O2/c1-25-22(27-16-18-14-19(23)7-8-21(18)24)26-15-17-5-4-6-20(13-17)30-12-10-28(2)9-11-29-3/h4-8,13-14H,9-12,15-16H2,1-3H3,(H2,25,26,27). The zero-order valence-corrected chi connectivity index (χ0v) is 17.8. The van der Waals surface area contributed by atoms with Gasteiger partial charge in [0.1, 0.15) is 24.0 Å². The van der Waals surface area contributed by atoms with Gasteiger partial charge in [0.15, 0.2) is 5.96 Å². The van der Waals surface area contributed by atoms with Crippen LogP contribution in [0.5, 0.6) is 5.75 Å². The van der Waals surface area contributed by atoms with Crippen molar-refractivity contribution >= 4 is 5.96 Å². The fourth-order valence-electron chi connectivity index (χ4n) is 2.69. The Balaban J connectivity index is 1.80. The minimum absolute atomic E-state index is 0.128. The third-order valence-corrected chi connectivity index (χ3v) is 4.45. The molecule has 2 aromatic carbocycles. The fourth-order valence-corrected chi connectivity index (χ4v) is 2.69. The molecule has 164 valence electrons. The molecule has 0 heterocycles. The number of likely N-dealkylation sites (N-methyl/N-ethyl adjacent to an activating group) is 1. The molecule has 0 fully saturated rings. The number of halogens is 2. The van der Waals surface area contributed by atoms with Crippen molar-refractivity contribution in [1.29, 1.82) is 0 Å². The monoisotopic (exact) mass is 420 g/mol. The second-order valence-corrected chi connectivity index (χ2v) is 6.81. The summed E-state index contributed by atoms with van der Waals surface area (Å²) in [6.07, 6.45) is 0. The van der Waals surface area contributed by atoms with Crippen LogP contribution in [0, 0.1) is 11.6 Å². The van der Waals surface area contributed by atoms with Crippen molar-refractivity contribution in [3.05, 3.63) is 65.2 Å². The molecule has 0 aliphatic carbocycles. The van der Waals surface area contributed by atoms with Crippen molar-refractivity contribution < 1.29 is 18.3 Å². The molecule has 0 bridgehead atoms. The van der Waals surface area contributed by atoms with E-state index in [4.69, 9.17) is 9.47 Å².